The molecule has 6 rings (SSSR count). The van der Waals surface area contributed by atoms with Crippen LogP contribution in [0.25, 0.3) is 10.2 Å². The Bertz CT molecular complexity index is 1610. The number of aromatic nitrogens is 1. The highest BCUT2D eigenvalue weighted by Gasteiger charge is 2.31. The lowest BCUT2D eigenvalue weighted by molar-refractivity contribution is 0.0985. The molecule has 1 amide bonds. The molecule has 0 unspecified atom stereocenters. The molecule has 40 heavy (non-hydrogen) atoms. The summed E-state index contributed by atoms with van der Waals surface area (Å²) in [6.07, 6.45) is 0.677. The molecule has 210 valence electrons. The number of sulfonamides is 1. The minimum Gasteiger partial charge on any atom is -0.486 e. The van der Waals surface area contributed by atoms with Crippen LogP contribution in [0.15, 0.2) is 65.6 Å². The van der Waals surface area contributed by atoms with E-state index in [1.54, 1.807) is 17.0 Å². The van der Waals surface area contributed by atoms with E-state index >= 15 is 0 Å². The first-order valence-corrected chi connectivity index (χ1v) is 14.9. The lowest BCUT2D eigenvalue weighted by Gasteiger charge is -2.22. The summed E-state index contributed by atoms with van der Waals surface area (Å²) >= 11 is 1.41. The van der Waals surface area contributed by atoms with Crippen LogP contribution in [0.3, 0.4) is 0 Å². The summed E-state index contributed by atoms with van der Waals surface area (Å²) in [5, 5.41) is 0.560. The molecule has 4 aromatic rings. The third kappa shape index (κ3) is 5.22. The number of halogens is 1. The van der Waals surface area contributed by atoms with Crippen molar-refractivity contribution < 1.29 is 22.7 Å². The highest BCUT2D eigenvalue weighted by molar-refractivity contribution is 7.92. The topological polar surface area (TPSA) is 92.3 Å². The van der Waals surface area contributed by atoms with E-state index in [2.05, 4.69) is 0 Å². The van der Waals surface area contributed by atoms with Crippen molar-refractivity contribution in [3.8, 4) is 11.5 Å². The maximum absolute atomic E-state index is 13.7. The second-order valence-electron chi connectivity index (χ2n) is 9.70. The van der Waals surface area contributed by atoms with Crippen LogP contribution in [0, 0.1) is 0 Å². The standard InChI is InChI=1S/C28H28N4O5S2.ClH/c1-30(2)13-14-31(28-29-22-17-24-25(18-26(22)38-28)37-16-15-36-24)27(33)20-7-9-21(10-8-20)39(34,35)32-12-11-19-5-3-4-6-23(19)32;/h3-10,17-18H,11-16H2,1-2H3;1H. The highest BCUT2D eigenvalue weighted by atomic mass is 35.5. The van der Waals surface area contributed by atoms with Gasteiger partial charge in [0.2, 0.25) is 0 Å². The zero-order chi connectivity index (χ0) is 27.1. The number of rotatable bonds is 7. The SMILES string of the molecule is CN(C)CCN(C(=O)c1ccc(S(=O)(=O)N2CCc3ccccc32)cc1)c1nc2cc3c(cc2s1)OCCO3.Cl. The molecule has 0 saturated heterocycles. The van der Waals surface area contributed by atoms with Gasteiger partial charge in [-0.2, -0.15) is 0 Å². The zero-order valence-electron chi connectivity index (χ0n) is 22.1. The number of hydrogen-bond donors (Lipinski definition) is 0. The van der Waals surface area contributed by atoms with E-state index in [0.717, 1.165) is 15.8 Å². The molecule has 3 aromatic carbocycles. The Morgan fingerprint density at radius 1 is 1.00 bits per heavy atom. The van der Waals surface area contributed by atoms with Crippen LogP contribution < -0.4 is 18.7 Å². The summed E-state index contributed by atoms with van der Waals surface area (Å²) < 4.78 is 40.6. The largest absolute Gasteiger partial charge is 0.486 e. The van der Waals surface area contributed by atoms with Gasteiger partial charge in [0.1, 0.15) is 13.2 Å². The number of carbonyl (C=O) groups excluding carboxylic acids is 1. The van der Waals surface area contributed by atoms with Gasteiger partial charge in [-0.3, -0.25) is 14.0 Å². The van der Waals surface area contributed by atoms with E-state index < -0.39 is 10.0 Å². The second-order valence-corrected chi connectivity index (χ2v) is 12.6. The summed E-state index contributed by atoms with van der Waals surface area (Å²) in [6.45, 7) is 2.43. The molecule has 0 bridgehead atoms. The fourth-order valence-electron chi connectivity index (χ4n) is 4.76. The summed E-state index contributed by atoms with van der Waals surface area (Å²) in [6, 6.07) is 17.4. The van der Waals surface area contributed by atoms with Gasteiger partial charge in [0.15, 0.2) is 16.6 Å². The molecule has 0 saturated carbocycles. The van der Waals surface area contributed by atoms with Gasteiger partial charge in [-0.15, -0.1) is 12.4 Å². The normalized spacial score (nSPS) is 14.2. The Labute approximate surface area is 243 Å². The van der Waals surface area contributed by atoms with Crippen molar-refractivity contribution in [2.75, 3.05) is 56.1 Å². The van der Waals surface area contributed by atoms with Crippen molar-refractivity contribution in [3.05, 3.63) is 71.8 Å². The van der Waals surface area contributed by atoms with Crippen LogP contribution in [-0.2, 0) is 16.4 Å². The monoisotopic (exact) mass is 600 g/mol. The van der Waals surface area contributed by atoms with E-state index in [1.165, 1.54) is 27.8 Å². The quantitative estimate of drug-likeness (QED) is 0.309. The molecule has 3 heterocycles. The summed E-state index contributed by atoms with van der Waals surface area (Å²) in [4.78, 5) is 22.3. The van der Waals surface area contributed by atoms with Crippen molar-refractivity contribution in [3.63, 3.8) is 0 Å². The Morgan fingerprint density at radius 3 is 2.42 bits per heavy atom. The molecular weight excluding hydrogens is 572 g/mol. The fourth-order valence-corrected chi connectivity index (χ4v) is 7.27. The third-order valence-electron chi connectivity index (χ3n) is 6.82. The third-order valence-corrected chi connectivity index (χ3v) is 9.69. The Hall–Kier alpha value is -3.38. The van der Waals surface area contributed by atoms with Gasteiger partial charge in [0.25, 0.3) is 15.9 Å². The Kier molecular flexibility index (Phi) is 7.92. The van der Waals surface area contributed by atoms with Crippen LogP contribution in [0.5, 0.6) is 11.5 Å². The molecule has 9 nitrogen and oxygen atoms in total. The van der Waals surface area contributed by atoms with Gasteiger partial charge in [0, 0.05) is 37.3 Å². The van der Waals surface area contributed by atoms with Gasteiger partial charge >= 0.3 is 0 Å². The Morgan fingerprint density at radius 2 is 1.70 bits per heavy atom. The number of hydrogen-bond acceptors (Lipinski definition) is 8. The number of carbonyl (C=O) groups is 1. The average molecular weight is 601 g/mol. The molecule has 0 N–H and O–H groups in total. The predicted octanol–water partition coefficient (Wildman–Crippen LogP) is 4.45. The van der Waals surface area contributed by atoms with Crippen LogP contribution in [0.4, 0.5) is 10.8 Å². The minimum absolute atomic E-state index is 0. The molecule has 12 heteroatoms. The predicted molar refractivity (Wildman–Crippen MR) is 159 cm³/mol. The lowest BCUT2D eigenvalue weighted by Crippen LogP contribution is -2.36. The number of para-hydroxylation sites is 1. The average Bonchev–Trinajstić information content (AvgIpc) is 3.56. The maximum Gasteiger partial charge on any atom is 0.264 e. The van der Waals surface area contributed by atoms with Crippen molar-refractivity contribution in [2.45, 2.75) is 11.3 Å². The van der Waals surface area contributed by atoms with Crippen molar-refractivity contribution in [1.29, 1.82) is 0 Å². The van der Waals surface area contributed by atoms with Gasteiger partial charge < -0.3 is 14.4 Å². The molecule has 2 aliphatic heterocycles. The molecule has 0 atom stereocenters. The van der Waals surface area contributed by atoms with Crippen LogP contribution >= 0.6 is 23.7 Å². The second kappa shape index (κ2) is 11.2. The van der Waals surface area contributed by atoms with E-state index in [-0.39, 0.29) is 23.2 Å². The van der Waals surface area contributed by atoms with Crippen molar-refractivity contribution in [2.24, 2.45) is 0 Å². The summed E-state index contributed by atoms with van der Waals surface area (Å²) in [5.74, 6) is 1.07. The maximum atomic E-state index is 13.7. The number of likely N-dealkylation sites (N-methyl/N-ethyl adjacent to an activating group) is 1. The van der Waals surface area contributed by atoms with Crippen molar-refractivity contribution in [1.82, 2.24) is 9.88 Å². The van der Waals surface area contributed by atoms with Crippen LogP contribution in [0.1, 0.15) is 15.9 Å². The molecule has 1 aromatic heterocycles. The number of ether oxygens (including phenoxy) is 2. The van der Waals surface area contributed by atoms with Crippen molar-refractivity contribution >= 4 is 60.7 Å². The number of nitrogens with zero attached hydrogens (tertiary/aromatic N) is 4. The number of thiazole rings is 1. The molecule has 0 fully saturated rings. The molecule has 0 aliphatic carbocycles. The lowest BCUT2D eigenvalue weighted by atomic mass is 10.2. The first-order valence-electron chi connectivity index (χ1n) is 12.7. The highest BCUT2D eigenvalue weighted by Crippen LogP contribution is 2.39. The number of anilines is 2. The number of fused-ring (bicyclic) bond motifs is 3. The fraction of sp³-hybridized carbons (Fsp3) is 0.286. The summed E-state index contributed by atoms with van der Waals surface area (Å²) in [7, 11) is 0.142. The summed E-state index contributed by atoms with van der Waals surface area (Å²) in [5.41, 5.74) is 2.84. The molecule has 0 radical (unpaired) electrons. The first-order chi connectivity index (χ1) is 18.8. The zero-order valence-corrected chi connectivity index (χ0v) is 24.5. The van der Waals surface area contributed by atoms with Crippen LogP contribution in [0.2, 0.25) is 0 Å². The molecule has 2 aliphatic rings. The molecule has 0 spiro atoms. The van der Waals surface area contributed by atoms with E-state index in [1.807, 2.05) is 55.4 Å². The molecular formula is C28H29ClN4O5S2. The van der Waals surface area contributed by atoms with E-state index in [9.17, 15) is 13.2 Å². The van der Waals surface area contributed by atoms with E-state index in [0.29, 0.717) is 67.2 Å². The van der Waals surface area contributed by atoms with Gasteiger partial charge in [-0.25, -0.2) is 13.4 Å². The smallest absolute Gasteiger partial charge is 0.264 e. The van der Waals surface area contributed by atoms with E-state index in [4.69, 9.17) is 14.5 Å². The van der Waals surface area contributed by atoms with Gasteiger partial charge in [-0.1, -0.05) is 29.5 Å². The Balaban J connectivity index is 0.00000323. The number of amides is 1. The number of benzene rings is 3. The van der Waals surface area contributed by atoms with Crippen LogP contribution in [-0.4, -0.2) is 71.2 Å². The first kappa shape index (κ1) is 28.2. The van der Waals surface area contributed by atoms with Gasteiger partial charge in [-0.05, 0) is 56.4 Å². The minimum atomic E-state index is -3.75. The van der Waals surface area contributed by atoms with Gasteiger partial charge in [0.05, 0.1) is 20.8 Å².